The standard InChI is InChI=1S/C13H17FN2O2/c14-11-5-1-2-6-12(11)15-13(18)16-7-3-4-10(8-16)9-17/h1-2,5-6,10,17H,3-4,7-9H2,(H,15,18)/t10-/m0/s1. The minimum atomic E-state index is -0.443. The Balaban J connectivity index is 1.97. The summed E-state index contributed by atoms with van der Waals surface area (Å²) >= 11 is 0. The number of nitrogens with zero attached hydrogens (tertiary/aromatic N) is 1. The molecule has 1 aliphatic heterocycles. The third-order valence-corrected chi connectivity index (χ3v) is 3.18. The molecule has 1 heterocycles. The number of benzene rings is 1. The number of halogens is 1. The Bertz CT molecular complexity index is 425. The van der Waals surface area contributed by atoms with Crippen molar-refractivity contribution in [3.05, 3.63) is 30.1 Å². The molecule has 1 aromatic rings. The summed E-state index contributed by atoms with van der Waals surface area (Å²) in [7, 11) is 0. The Morgan fingerprint density at radius 3 is 3.00 bits per heavy atom. The third-order valence-electron chi connectivity index (χ3n) is 3.18. The lowest BCUT2D eigenvalue weighted by molar-refractivity contribution is 0.136. The van der Waals surface area contributed by atoms with Gasteiger partial charge in [-0.25, -0.2) is 9.18 Å². The lowest BCUT2D eigenvalue weighted by Gasteiger charge is -2.31. The average Bonchev–Trinajstić information content (AvgIpc) is 2.41. The molecule has 1 aromatic carbocycles. The predicted octanol–water partition coefficient (Wildman–Crippen LogP) is 2.06. The number of nitrogens with one attached hydrogen (secondary N) is 1. The van der Waals surface area contributed by atoms with Gasteiger partial charge in [-0.1, -0.05) is 12.1 Å². The van der Waals surface area contributed by atoms with E-state index in [2.05, 4.69) is 5.32 Å². The summed E-state index contributed by atoms with van der Waals surface area (Å²) in [4.78, 5) is 13.6. The summed E-state index contributed by atoms with van der Waals surface area (Å²) < 4.78 is 13.4. The fraction of sp³-hybridized carbons (Fsp3) is 0.462. The molecule has 5 heteroatoms. The number of para-hydroxylation sites is 1. The third kappa shape index (κ3) is 2.98. The van der Waals surface area contributed by atoms with E-state index in [1.54, 1.807) is 17.0 Å². The van der Waals surface area contributed by atoms with Crippen molar-refractivity contribution in [2.45, 2.75) is 12.8 Å². The number of hydrogen-bond donors (Lipinski definition) is 2. The van der Waals surface area contributed by atoms with Gasteiger partial charge in [0.2, 0.25) is 0 Å². The van der Waals surface area contributed by atoms with Gasteiger partial charge in [0.25, 0.3) is 0 Å². The Morgan fingerprint density at radius 2 is 2.28 bits per heavy atom. The highest BCUT2D eigenvalue weighted by molar-refractivity contribution is 5.89. The number of aliphatic hydroxyl groups is 1. The molecule has 1 saturated heterocycles. The fourth-order valence-corrected chi connectivity index (χ4v) is 2.16. The lowest BCUT2D eigenvalue weighted by Crippen LogP contribution is -2.43. The minimum absolute atomic E-state index is 0.0868. The van der Waals surface area contributed by atoms with E-state index < -0.39 is 5.82 Å². The SMILES string of the molecule is O=C(Nc1ccccc1F)N1CCC[C@H](CO)C1. The number of urea groups is 1. The highest BCUT2D eigenvalue weighted by atomic mass is 19.1. The van der Waals surface area contributed by atoms with Gasteiger partial charge in [0.05, 0.1) is 5.69 Å². The van der Waals surface area contributed by atoms with Crippen LogP contribution >= 0.6 is 0 Å². The number of rotatable bonds is 2. The van der Waals surface area contributed by atoms with Crippen molar-refractivity contribution in [1.82, 2.24) is 4.90 Å². The molecule has 4 nitrogen and oxygen atoms in total. The minimum Gasteiger partial charge on any atom is -0.396 e. The maximum atomic E-state index is 13.4. The van der Waals surface area contributed by atoms with Gasteiger partial charge in [-0.2, -0.15) is 0 Å². The van der Waals surface area contributed by atoms with Crippen molar-refractivity contribution in [3.8, 4) is 0 Å². The quantitative estimate of drug-likeness (QED) is 0.846. The molecule has 0 bridgehead atoms. The number of anilines is 1. The summed E-state index contributed by atoms with van der Waals surface area (Å²) in [6.45, 7) is 1.26. The van der Waals surface area contributed by atoms with Gasteiger partial charge in [0.1, 0.15) is 5.82 Å². The van der Waals surface area contributed by atoms with E-state index in [0.29, 0.717) is 13.1 Å². The Hall–Kier alpha value is -1.62. The topological polar surface area (TPSA) is 52.6 Å². The highest BCUT2D eigenvalue weighted by Gasteiger charge is 2.23. The first-order valence-electron chi connectivity index (χ1n) is 6.12. The van der Waals surface area contributed by atoms with E-state index in [9.17, 15) is 9.18 Å². The molecule has 0 aliphatic carbocycles. The van der Waals surface area contributed by atoms with Gasteiger partial charge in [0.15, 0.2) is 0 Å². The first-order valence-corrected chi connectivity index (χ1v) is 6.12. The maximum Gasteiger partial charge on any atom is 0.321 e. The number of likely N-dealkylation sites (tertiary alicyclic amines) is 1. The second-order valence-corrected chi connectivity index (χ2v) is 4.55. The summed E-state index contributed by atoms with van der Waals surface area (Å²) in [6.07, 6.45) is 1.80. The Morgan fingerprint density at radius 1 is 1.50 bits per heavy atom. The average molecular weight is 252 g/mol. The van der Waals surface area contributed by atoms with Crippen LogP contribution in [0.1, 0.15) is 12.8 Å². The second-order valence-electron chi connectivity index (χ2n) is 4.55. The summed E-state index contributed by atoms with van der Waals surface area (Å²) in [5.41, 5.74) is 0.189. The van der Waals surface area contributed by atoms with Crippen LogP contribution in [0.2, 0.25) is 0 Å². The molecule has 1 atom stereocenters. The first-order chi connectivity index (χ1) is 8.70. The van der Waals surface area contributed by atoms with Gasteiger partial charge in [0, 0.05) is 19.7 Å². The summed E-state index contributed by atoms with van der Waals surface area (Å²) in [5, 5.41) is 11.7. The van der Waals surface area contributed by atoms with Gasteiger partial charge < -0.3 is 15.3 Å². The molecule has 0 saturated carbocycles. The molecular weight excluding hydrogens is 235 g/mol. The molecule has 98 valence electrons. The molecule has 18 heavy (non-hydrogen) atoms. The van der Waals surface area contributed by atoms with Crippen molar-refractivity contribution in [1.29, 1.82) is 0 Å². The highest BCUT2D eigenvalue weighted by Crippen LogP contribution is 2.18. The summed E-state index contributed by atoms with van der Waals surface area (Å²) in [5.74, 6) is -0.313. The Kier molecular flexibility index (Phi) is 4.15. The first kappa shape index (κ1) is 12.8. The zero-order chi connectivity index (χ0) is 13.0. The molecule has 0 aromatic heterocycles. The molecule has 2 N–H and O–H groups in total. The van der Waals surface area contributed by atoms with Gasteiger partial charge >= 0.3 is 6.03 Å². The molecule has 0 spiro atoms. The summed E-state index contributed by atoms with van der Waals surface area (Å²) in [6, 6.07) is 5.78. The van der Waals surface area contributed by atoms with Crippen LogP contribution in [0, 0.1) is 11.7 Å². The molecule has 0 unspecified atom stereocenters. The van der Waals surface area contributed by atoms with Crippen molar-refractivity contribution in [2.24, 2.45) is 5.92 Å². The van der Waals surface area contributed by atoms with Crippen LogP contribution in [-0.2, 0) is 0 Å². The maximum absolute atomic E-state index is 13.4. The van der Waals surface area contributed by atoms with E-state index in [0.717, 1.165) is 12.8 Å². The van der Waals surface area contributed by atoms with Crippen LogP contribution in [0.25, 0.3) is 0 Å². The molecular formula is C13H17FN2O2. The molecule has 1 aliphatic rings. The van der Waals surface area contributed by atoms with Crippen LogP contribution in [0.5, 0.6) is 0 Å². The number of aliphatic hydroxyl groups excluding tert-OH is 1. The van der Waals surface area contributed by atoms with Crippen molar-refractivity contribution in [2.75, 3.05) is 25.0 Å². The Labute approximate surface area is 105 Å². The zero-order valence-electron chi connectivity index (χ0n) is 10.1. The fourth-order valence-electron chi connectivity index (χ4n) is 2.16. The van der Waals surface area contributed by atoms with Crippen LogP contribution in [-0.4, -0.2) is 35.7 Å². The molecule has 2 rings (SSSR count). The number of piperidine rings is 1. The second kappa shape index (κ2) is 5.82. The van der Waals surface area contributed by atoms with Crippen LogP contribution < -0.4 is 5.32 Å². The molecule has 0 radical (unpaired) electrons. The molecule has 1 fully saturated rings. The van der Waals surface area contributed by atoms with Crippen molar-refractivity contribution in [3.63, 3.8) is 0 Å². The normalized spacial score (nSPS) is 19.7. The smallest absolute Gasteiger partial charge is 0.321 e. The van der Waals surface area contributed by atoms with Crippen molar-refractivity contribution >= 4 is 11.7 Å². The van der Waals surface area contributed by atoms with Crippen LogP contribution in [0.15, 0.2) is 24.3 Å². The van der Waals surface area contributed by atoms with E-state index in [-0.39, 0.29) is 24.2 Å². The largest absolute Gasteiger partial charge is 0.396 e. The molecule has 2 amide bonds. The van der Waals surface area contributed by atoms with Gasteiger partial charge in [-0.15, -0.1) is 0 Å². The van der Waals surface area contributed by atoms with Crippen LogP contribution in [0.4, 0.5) is 14.9 Å². The number of carbonyl (C=O) groups excluding carboxylic acids is 1. The lowest BCUT2D eigenvalue weighted by atomic mass is 9.99. The van der Waals surface area contributed by atoms with E-state index in [1.807, 2.05) is 0 Å². The number of hydrogen-bond acceptors (Lipinski definition) is 2. The number of carbonyl (C=O) groups is 1. The van der Waals surface area contributed by atoms with Gasteiger partial charge in [-0.3, -0.25) is 0 Å². The van der Waals surface area contributed by atoms with E-state index in [1.165, 1.54) is 12.1 Å². The van der Waals surface area contributed by atoms with Crippen LogP contribution in [0.3, 0.4) is 0 Å². The monoisotopic (exact) mass is 252 g/mol. The van der Waals surface area contributed by atoms with Gasteiger partial charge in [-0.05, 0) is 30.9 Å². The van der Waals surface area contributed by atoms with E-state index in [4.69, 9.17) is 5.11 Å². The predicted molar refractivity (Wildman–Crippen MR) is 66.8 cm³/mol. The zero-order valence-corrected chi connectivity index (χ0v) is 10.1. The van der Waals surface area contributed by atoms with Crippen molar-refractivity contribution < 1.29 is 14.3 Å². The van der Waals surface area contributed by atoms with E-state index >= 15 is 0 Å². The number of amides is 2.